The van der Waals surface area contributed by atoms with E-state index in [0.29, 0.717) is 18.6 Å². The molecule has 0 saturated heterocycles. The second kappa shape index (κ2) is 5.02. The van der Waals surface area contributed by atoms with Crippen LogP contribution in [0.4, 0.5) is 0 Å². The largest absolute Gasteiger partial charge is 0.329 e. The highest BCUT2D eigenvalue weighted by Gasteiger charge is 2.25. The van der Waals surface area contributed by atoms with Gasteiger partial charge in [-0.25, -0.2) is 0 Å². The van der Waals surface area contributed by atoms with E-state index in [-0.39, 0.29) is 5.91 Å². The summed E-state index contributed by atoms with van der Waals surface area (Å²) in [4.78, 5) is 13.2. The zero-order chi connectivity index (χ0) is 10.6. The van der Waals surface area contributed by atoms with Crippen LogP contribution in [0.25, 0.3) is 0 Å². The van der Waals surface area contributed by atoms with Crippen molar-refractivity contribution in [2.45, 2.75) is 44.7 Å². The summed E-state index contributed by atoms with van der Waals surface area (Å²) >= 11 is 0. The van der Waals surface area contributed by atoms with Crippen LogP contribution in [-0.4, -0.2) is 29.4 Å². The van der Waals surface area contributed by atoms with Crippen LogP contribution in [0.2, 0.25) is 0 Å². The minimum absolute atomic E-state index is 0.187. The average molecular weight is 194 g/mol. The molecule has 2 N–H and O–H groups in total. The van der Waals surface area contributed by atoms with Crippen LogP contribution in [0, 0.1) is 12.3 Å². The van der Waals surface area contributed by atoms with Gasteiger partial charge in [0, 0.05) is 18.6 Å². The minimum Gasteiger partial charge on any atom is -0.329 e. The fourth-order valence-electron chi connectivity index (χ4n) is 2.06. The van der Waals surface area contributed by atoms with Crippen molar-refractivity contribution in [3.05, 3.63) is 0 Å². The first kappa shape index (κ1) is 11.1. The second-order valence-electron chi connectivity index (χ2n) is 3.80. The Morgan fingerprint density at radius 1 is 1.50 bits per heavy atom. The Kier molecular flexibility index (Phi) is 3.97. The van der Waals surface area contributed by atoms with E-state index < -0.39 is 0 Å². The van der Waals surface area contributed by atoms with Crippen molar-refractivity contribution in [2.75, 3.05) is 6.54 Å². The van der Waals surface area contributed by atoms with Crippen LogP contribution in [0.15, 0.2) is 0 Å². The lowest BCUT2D eigenvalue weighted by molar-refractivity contribution is -0.127. The first-order valence-electron chi connectivity index (χ1n) is 5.21. The van der Waals surface area contributed by atoms with Gasteiger partial charge in [-0.3, -0.25) is 4.79 Å². The Hall–Kier alpha value is -1.01. The topological polar surface area (TPSA) is 46.3 Å². The summed E-state index contributed by atoms with van der Waals surface area (Å²) in [5.74, 6) is 1.99. The van der Waals surface area contributed by atoms with E-state index in [9.17, 15) is 4.79 Å². The monoisotopic (exact) mass is 194 g/mol. The lowest BCUT2D eigenvalue weighted by Crippen LogP contribution is -2.43. The second-order valence-corrected chi connectivity index (χ2v) is 3.80. The number of hydrogen-bond donors (Lipinski definition) is 1. The zero-order valence-electron chi connectivity index (χ0n) is 8.70. The van der Waals surface area contributed by atoms with Crippen molar-refractivity contribution >= 4 is 5.91 Å². The molecule has 14 heavy (non-hydrogen) atoms. The number of carbonyl (C=O) groups excluding carboxylic acids is 1. The van der Waals surface area contributed by atoms with Crippen LogP contribution >= 0.6 is 0 Å². The van der Waals surface area contributed by atoms with Crippen LogP contribution in [0.1, 0.15) is 32.6 Å². The van der Waals surface area contributed by atoms with E-state index in [4.69, 9.17) is 12.2 Å². The first-order valence-corrected chi connectivity index (χ1v) is 5.21. The molecule has 0 aliphatic heterocycles. The molecule has 0 aromatic rings. The Balaban J connectivity index is 2.54. The minimum atomic E-state index is -0.187. The molecule has 1 rings (SSSR count). The van der Waals surface area contributed by atoms with E-state index in [1.807, 2.05) is 6.92 Å². The lowest BCUT2D eigenvalue weighted by Gasteiger charge is -2.34. The molecular weight excluding hydrogens is 176 g/mol. The van der Waals surface area contributed by atoms with Crippen LogP contribution in [-0.2, 0) is 4.79 Å². The molecule has 3 nitrogen and oxygen atoms in total. The highest BCUT2D eigenvalue weighted by Crippen LogP contribution is 2.21. The molecule has 1 aliphatic carbocycles. The van der Waals surface area contributed by atoms with Gasteiger partial charge < -0.3 is 10.6 Å². The molecule has 0 atom stereocenters. The molecule has 1 amide bonds. The normalized spacial score (nSPS) is 26.6. The molecule has 0 aromatic carbocycles. The molecule has 1 fully saturated rings. The van der Waals surface area contributed by atoms with Gasteiger partial charge in [0.2, 0.25) is 0 Å². The number of amides is 1. The summed E-state index contributed by atoms with van der Waals surface area (Å²) < 4.78 is 0. The number of terminal acetylenes is 1. The maximum Gasteiger partial charge on any atom is 0.298 e. The molecule has 0 heterocycles. The highest BCUT2D eigenvalue weighted by molar-refractivity contribution is 5.93. The quantitative estimate of drug-likeness (QED) is 0.659. The van der Waals surface area contributed by atoms with Crippen molar-refractivity contribution in [1.82, 2.24) is 4.90 Å². The summed E-state index contributed by atoms with van der Waals surface area (Å²) in [6.45, 7) is 2.66. The van der Waals surface area contributed by atoms with Gasteiger partial charge >= 0.3 is 0 Å². The van der Waals surface area contributed by atoms with Crippen molar-refractivity contribution in [1.29, 1.82) is 0 Å². The number of nitrogens with zero attached hydrogens (tertiary/aromatic N) is 1. The molecule has 0 bridgehead atoms. The maximum absolute atomic E-state index is 11.4. The smallest absolute Gasteiger partial charge is 0.298 e. The van der Waals surface area contributed by atoms with E-state index in [1.54, 1.807) is 4.90 Å². The Labute approximate surface area is 85.6 Å². The third-order valence-corrected chi connectivity index (χ3v) is 2.91. The van der Waals surface area contributed by atoms with Crippen LogP contribution in [0.5, 0.6) is 0 Å². The van der Waals surface area contributed by atoms with Crippen molar-refractivity contribution < 1.29 is 4.79 Å². The first-order chi connectivity index (χ1) is 6.69. The molecular formula is C11H18N2O. The summed E-state index contributed by atoms with van der Waals surface area (Å²) in [6, 6.07) is 0.620. The van der Waals surface area contributed by atoms with Gasteiger partial charge in [-0.1, -0.05) is 0 Å². The number of hydrogen-bond acceptors (Lipinski definition) is 2. The number of nitrogens with two attached hydrogens (primary N) is 1. The third-order valence-electron chi connectivity index (χ3n) is 2.91. The summed E-state index contributed by atoms with van der Waals surface area (Å²) in [5, 5.41) is 0. The Morgan fingerprint density at radius 2 is 2.07 bits per heavy atom. The average Bonchev–Trinajstić information content (AvgIpc) is 2.21. The number of carbonyl (C=O) groups is 1. The highest BCUT2D eigenvalue weighted by atomic mass is 16.2. The summed E-state index contributed by atoms with van der Waals surface area (Å²) in [7, 11) is 0. The summed E-state index contributed by atoms with van der Waals surface area (Å²) in [5.41, 5.74) is 5.80. The van der Waals surface area contributed by atoms with Crippen molar-refractivity contribution in [3.63, 3.8) is 0 Å². The lowest BCUT2D eigenvalue weighted by atomic mass is 9.90. The van der Waals surface area contributed by atoms with Gasteiger partial charge in [0.15, 0.2) is 0 Å². The van der Waals surface area contributed by atoms with Gasteiger partial charge in [0.25, 0.3) is 5.91 Å². The van der Waals surface area contributed by atoms with E-state index in [0.717, 1.165) is 25.7 Å². The predicted molar refractivity (Wildman–Crippen MR) is 56.5 cm³/mol. The third kappa shape index (κ3) is 2.49. The van der Waals surface area contributed by atoms with E-state index >= 15 is 0 Å². The van der Waals surface area contributed by atoms with Crippen molar-refractivity contribution in [2.24, 2.45) is 5.73 Å². The van der Waals surface area contributed by atoms with Crippen LogP contribution in [0.3, 0.4) is 0 Å². The fraction of sp³-hybridized carbons (Fsp3) is 0.727. The Bertz CT molecular complexity index is 236. The SMILES string of the molecule is C#CC(=O)N(CC)C1CCC(N)CC1. The van der Waals surface area contributed by atoms with Gasteiger partial charge in [-0.05, 0) is 38.5 Å². The molecule has 0 radical (unpaired) electrons. The molecule has 78 valence electrons. The van der Waals surface area contributed by atoms with Gasteiger partial charge in [0.1, 0.15) is 0 Å². The van der Waals surface area contributed by atoms with Gasteiger partial charge in [-0.15, -0.1) is 6.42 Å². The molecule has 1 aliphatic rings. The molecule has 3 heteroatoms. The molecule has 0 spiro atoms. The number of rotatable bonds is 2. The molecule has 0 unspecified atom stereocenters. The maximum atomic E-state index is 11.4. The van der Waals surface area contributed by atoms with Crippen molar-refractivity contribution in [3.8, 4) is 12.3 Å². The van der Waals surface area contributed by atoms with E-state index in [2.05, 4.69) is 5.92 Å². The summed E-state index contributed by atoms with van der Waals surface area (Å²) in [6.07, 6.45) is 9.09. The van der Waals surface area contributed by atoms with Gasteiger partial charge in [-0.2, -0.15) is 0 Å². The Morgan fingerprint density at radius 3 is 2.50 bits per heavy atom. The van der Waals surface area contributed by atoms with Gasteiger partial charge in [0.05, 0.1) is 0 Å². The molecule has 0 aromatic heterocycles. The zero-order valence-corrected chi connectivity index (χ0v) is 8.70. The predicted octanol–water partition coefficient (Wildman–Crippen LogP) is 0.738. The van der Waals surface area contributed by atoms with Crippen LogP contribution < -0.4 is 5.73 Å². The standard InChI is InChI=1S/C11H18N2O/c1-3-11(14)13(4-2)10-7-5-9(12)6-8-10/h1,9-10H,4-8,12H2,2H3. The fourth-order valence-corrected chi connectivity index (χ4v) is 2.06. The van der Waals surface area contributed by atoms with E-state index in [1.165, 1.54) is 0 Å². The molecule has 1 saturated carbocycles.